The van der Waals surface area contributed by atoms with Gasteiger partial charge in [0.05, 0.1) is 0 Å². The highest BCUT2D eigenvalue weighted by molar-refractivity contribution is 7.80. The first kappa shape index (κ1) is 16.8. The normalized spacial score (nSPS) is 12.2. The van der Waals surface area contributed by atoms with Gasteiger partial charge in [0.25, 0.3) is 0 Å². The summed E-state index contributed by atoms with van der Waals surface area (Å²) in [5.41, 5.74) is 0. The molecule has 0 aromatic heterocycles. The maximum absolute atomic E-state index is 4.27. The van der Waals surface area contributed by atoms with Crippen molar-refractivity contribution >= 4 is 12.6 Å². The lowest BCUT2D eigenvalue weighted by Gasteiger charge is -2.05. The van der Waals surface area contributed by atoms with Crippen LogP contribution < -0.4 is 0 Å². The molecule has 0 N–H and O–H groups in total. The van der Waals surface area contributed by atoms with E-state index in [4.69, 9.17) is 0 Å². The lowest BCUT2D eigenvalue weighted by Crippen LogP contribution is -1.94. The zero-order valence-electron chi connectivity index (χ0n) is 10.8. The van der Waals surface area contributed by atoms with Gasteiger partial charge in [0.2, 0.25) is 0 Å². The van der Waals surface area contributed by atoms with Crippen molar-refractivity contribution in [3.8, 4) is 0 Å². The first-order valence-corrected chi connectivity index (χ1v) is 6.74. The predicted molar refractivity (Wildman–Crippen MR) is 72.3 cm³/mol. The van der Waals surface area contributed by atoms with Gasteiger partial charge in [-0.15, -0.1) is 0 Å². The maximum atomic E-state index is 4.27. The summed E-state index contributed by atoms with van der Waals surface area (Å²) in [5, 5.41) is 0.581. The van der Waals surface area contributed by atoms with Crippen LogP contribution in [0, 0.1) is 5.92 Å². The summed E-state index contributed by atoms with van der Waals surface area (Å²) in [6.45, 7) is 11.1. The molecule has 0 spiro atoms. The topological polar surface area (TPSA) is 0 Å². The fourth-order valence-electron chi connectivity index (χ4n) is 1.07. The van der Waals surface area contributed by atoms with Gasteiger partial charge < -0.3 is 0 Å². The maximum Gasteiger partial charge on any atom is -0.00115 e. The van der Waals surface area contributed by atoms with Gasteiger partial charge in [-0.25, -0.2) is 0 Å². The van der Waals surface area contributed by atoms with Crippen molar-refractivity contribution in [1.29, 1.82) is 0 Å². The predicted octanol–water partition coefficient (Wildman–Crippen LogP) is 5.33. The molecule has 0 aliphatic heterocycles. The van der Waals surface area contributed by atoms with E-state index >= 15 is 0 Å². The Bertz CT molecular complexity index is 75.2. The molecule has 0 aromatic carbocycles. The van der Waals surface area contributed by atoms with E-state index in [1.54, 1.807) is 0 Å². The molecule has 1 unspecified atom stereocenters. The minimum Gasteiger partial charge on any atom is -0.176 e. The molecule has 0 fully saturated rings. The van der Waals surface area contributed by atoms with Crippen molar-refractivity contribution in [3.05, 3.63) is 0 Å². The standard InChI is InChI=1S/C7H16S.C6H14/c1-6(2)4-5-7(3)8;1-3-5-6-4-2/h6-8H,4-5H2,1-3H3;3-6H2,1-2H3. The third-order valence-electron chi connectivity index (χ3n) is 2.12. The molecule has 0 amide bonds. The van der Waals surface area contributed by atoms with E-state index in [1.807, 2.05) is 0 Å². The summed E-state index contributed by atoms with van der Waals surface area (Å²) < 4.78 is 0. The van der Waals surface area contributed by atoms with Crippen LogP contribution in [0.4, 0.5) is 0 Å². The largest absolute Gasteiger partial charge is 0.176 e. The molecule has 0 bridgehead atoms. The monoisotopic (exact) mass is 218 g/mol. The smallest absolute Gasteiger partial charge is 0.00115 e. The fourth-order valence-corrected chi connectivity index (χ4v) is 1.22. The first-order valence-electron chi connectivity index (χ1n) is 6.22. The van der Waals surface area contributed by atoms with Gasteiger partial charge in [-0.1, -0.05) is 60.3 Å². The molecule has 14 heavy (non-hydrogen) atoms. The van der Waals surface area contributed by atoms with Crippen molar-refractivity contribution < 1.29 is 0 Å². The lowest BCUT2D eigenvalue weighted by molar-refractivity contribution is 0.556. The highest BCUT2D eigenvalue weighted by Crippen LogP contribution is 2.09. The van der Waals surface area contributed by atoms with E-state index in [2.05, 4.69) is 47.2 Å². The van der Waals surface area contributed by atoms with Crippen LogP contribution in [0.3, 0.4) is 0 Å². The van der Waals surface area contributed by atoms with Crippen LogP contribution in [0.25, 0.3) is 0 Å². The second-order valence-corrected chi connectivity index (χ2v) is 5.41. The van der Waals surface area contributed by atoms with Crippen molar-refractivity contribution in [2.24, 2.45) is 5.92 Å². The minimum absolute atomic E-state index is 0.581. The molecule has 0 radical (unpaired) electrons. The van der Waals surface area contributed by atoms with Gasteiger partial charge in [-0.3, -0.25) is 0 Å². The zero-order chi connectivity index (χ0) is 11.4. The third-order valence-corrected chi connectivity index (χ3v) is 2.38. The Morgan fingerprint density at radius 2 is 1.29 bits per heavy atom. The van der Waals surface area contributed by atoms with Crippen molar-refractivity contribution in [1.82, 2.24) is 0 Å². The SMILES string of the molecule is CC(C)CCC(C)S.CCCCCC. The molecule has 0 aliphatic carbocycles. The highest BCUT2D eigenvalue weighted by Gasteiger charge is 1.96. The van der Waals surface area contributed by atoms with Crippen LogP contribution in [0.1, 0.15) is 73.1 Å². The van der Waals surface area contributed by atoms with Crippen LogP contribution in [0.2, 0.25) is 0 Å². The van der Waals surface area contributed by atoms with E-state index in [9.17, 15) is 0 Å². The van der Waals surface area contributed by atoms with Gasteiger partial charge in [0, 0.05) is 0 Å². The summed E-state index contributed by atoms with van der Waals surface area (Å²) in [4.78, 5) is 0. The molecule has 88 valence electrons. The summed E-state index contributed by atoms with van der Waals surface area (Å²) in [7, 11) is 0. The Hall–Kier alpha value is 0.350. The molecular weight excluding hydrogens is 188 g/mol. The quantitative estimate of drug-likeness (QED) is 0.452. The molecule has 0 saturated heterocycles. The highest BCUT2D eigenvalue weighted by atomic mass is 32.1. The van der Waals surface area contributed by atoms with Crippen molar-refractivity contribution in [2.45, 2.75) is 78.4 Å². The average molecular weight is 218 g/mol. The fraction of sp³-hybridized carbons (Fsp3) is 1.00. The Morgan fingerprint density at radius 1 is 0.857 bits per heavy atom. The Labute approximate surface area is 97.3 Å². The zero-order valence-corrected chi connectivity index (χ0v) is 11.7. The minimum atomic E-state index is 0.581. The van der Waals surface area contributed by atoms with Crippen molar-refractivity contribution in [2.75, 3.05) is 0 Å². The Kier molecular flexibility index (Phi) is 16.0. The molecule has 0 aliphatic rings. The van der Waals surface area contributed by atoms with Crippen LogP contribution in [-0.2, 0) is 0 Å². The Morgan fingerprint density at radius 3 is 1.43 bits per heavy atom. The summed E-state index contributed by atoms with van der Waals surface area (Å²) >= 11 is 4.27. The molecule has 0 rings (SSSR count). The molecule has 0 aromatic rings. The van der Waals surface area contributed by atoms with Crippen LogP contribution in [-0.4, -0.2) is 5.25 Å². The molecule has 0 heterocycles. The van der Waals surface area contributed by atoms with Gasteiger partial charge in [-0.05, 0) is 24.0 Å². The van der Waals surface area contributed by atoms with Gasteiger partial charge >= 0.3 is 0 Å². The second kappa shape index (κ2) is 13.4. The van der Waals surface area contributed by atoms with Gasteiger partial charge in [0.1, 0.15) is 0 Å². The van der Waals surface area contributed by atoms with Crippen LogP contribution in [0.15, 0.2) is 0 Å². The average Bonchev–Trinajstić information content (AvgIpc) is 2.12. The molecular formula is C13H30S. The summed E-state index contributed by atoms with van der Waals surface area (Å²) in [6.07, 6.45) is 8.10. The molecule has 0 saturated carbocycles. The van der Waals surface area contributed by atoms with Gasteiger partial charge in [0.15, 0.2) is 0 Å². The van der Waals surface area contributed by atoms with E-state index in [0.29, 0.717) is 5.25 Å². The number of rotatable bonds is 6. The summed E-state index contributed by atoms with van der Waals surface area (Å²) in [5.74, 6) is 0.838. The summed E-state index contributed by atoms with van der Waals surface area (Å²) in [6, 6.07) is 0. The van der Waals surface area contributed by atoms with Crippen molar-refractivity contribution in [3.63, 3.8) is 0 Å². The van der Waals surface area contributed by atoms with E-state index < -0.39 is 0 Å². The van der Waals surface area contributed by atoms with E-state index in [1.165, 1.54) is 38.5 Å². The number of thiol groups is 1. The third kappa shape index (κ3) is 22.8. The molecule has 1 atom stereocenters. The number of hydrogen-bond acceptors (Lipinski definition) is 1. The van der Waals surface area contributed by atoms with Crippen LogP contribution >= 0.6 is 12.6 Å². The molecule has 1 heteroatoms. The second-order valence-electron chi connectivity index (χ2n) is 4.53. The van der Waals surface area contributed by atoms with E-state index in [-0.39, 0.29) is 0 Å². The molecule has 0 nitrogen and oxygen atoms in total. The van der Waals surface area contributed by atoms with E-state index in [0.717, 1.165) is 5.92 Å². The number of unbranched alkanes of at least 4 members (excludes halogenated alkanes) is 3. The van der Waals surface area contributed by atoms with Gasteiger partial charge in [-0.2, -0.15) is 12.6 Å². The lowest BCUT2D eigenvalue weighted by atomic mass is 10.1. The number of hydrogen-bond donors (Lipinski definition) is 1. The van der Waals surface area contributed by atoms with Crippen LogP contribution in [0.5, 0.6) is 0 Å². The Balaban J connectivity index is 0. The first-order chi connectivity index (χ1) is 6.54.